The van der Waals surface area contributed by atoms with Crippen molar-refractivity contribution < 1.29 is 0 Å². The van der Waals surface area contributed by atoms with Crippen LogP contribution in [0, 0.1) is 0 Å². The summed E-state index contributed by atoms with van der Waals surface area (Å²) in [4.78, 5) is 7.90. The Bertz CT molecular complexity index is 6510. The van der Waals surface area contributed by atoms with Crippen LogP contribution in [0.4, 0.5) is 51.2 Å². The van der Waals surface area contributed by atoms with Gasteiger partial charge in [0, 0.05) is 57.1 Å². The molecular weight excluding hydrogens is 1630 g/mol. The van der Waals surface area contributed by atoms with E-state index in [2.05, 4.69) is 288 Å². The molecule has 3 heteroatoms. The molecule has 0 spiro atoms. The van der Waals surface area contributed by atoms with Crippen LogP contribution in [0.15, 0.2) is 273 Å². The Morgan fingerprint density at radius 3 is 0.785 bits per heavy atom. The first-order chi connectivity index (χ1) is 67.0. The summed E-state index contributed by atoms with van der Waals surface area (Å²) in [6.45, 7) is 60.0. The Morgan fingerprint density at radius 2 is 0.370 bits per heavy atom. The molecule has 0 amide bonds. The minimum Gasteiger partial charge on any atom is -0.309 e. The Kier molecular flexibility index (Phi) is 38.6. The van der Waals surface area contributed by atoms with Crippen molar-refractivity contribution in [3.8, 4) is 66.8 Å². The van der Waals surface area contributed by atoms with E-state index in [9.17, 15) is 0 Å². The van der Waals surface area contributed by atoms with E-state index in [1.807, 2.05) is 208 Å². The first-order valence-corrected chi connectivity index (χ1v) is 53.2. The SMILES string of the molecule is CC.CC.CC.CC.CC.CC.CC.CC.CC.CC.CC.CC.CC.CC.CC.c1ccc2c(c1)Cc1c-2cc2c3c1Cc1c(ccc4c1-c1ccccc1C4)N3c1ccccc1C2.c1ccc2c(c1)Cc1c-2ccc2c1Cc1cccc3c1N2c1c(ccc2c1Cc1ccccc1-2)C3.c1ccc2c(c1)Cc1c-2ccc2c1N1c3ccc4c(c3Cc3cccc(c31)C2)-c1ccccc1C4. The van der Waals surface area contributed by atoms with E-state index in [0.717, 1.165) is 77.0 Å². The zero-order valence-electron chi connectivity index (χ0n) is 88.3. The molecule has 12 aliphatic rings. The lowest BCUT2D eigenvalue weighted by Crippen LogP contribution is -2.26. The molecule has 3 nitrogen and oxygen atoms in total. The van der Waals surface area contributed by atoms with E-state index in [-0.39, 0.29) is 0 Å². The average Bonchev–Trinajstić information content (AvgIpc) is 1.64. The molecule has 702 valence electrons. The number of fused-ring (bicyclic) bond motifs is 36. The van der Waals surface area contributed by atoms with E-state index in [1.165, 1.54) is 240 Å². The maximum absolute atomic E-state index is 2.65. The third-order valence-electron chi connectivity index (χ3n) is 26.2. The topological polar surface area (TPSA) is 9.72 Å². The number of nitrogens with zero attached hydrogens (tertiary/aromatic N) is 3. The molecule has 6 heterocycles. The van der Waals surface area contributed by atoms with Gasteiger partial charge in [-0.15, -0.1) is 0 Å². The highest BCUT2D eigenvalue weighted by atomic mass is 15.2. The van der Waals surface area contributed by atoms with Crippen LogP contribution in [-0.4, -0.2) is 0 Å². The number of para-hydroxylation sites is 3. The summed E-state index contributed by atoms with van der Waals surface area (Å²) in [7, 11) is 0. The molecule has 15 aromatic carbocycles. The molecule has 0 unspecified atom stereocenters. The smallest absolute Gasteiger partial charge is 0.0538 e. The van der Waals surface area contributed by atoms with Gasteiger partial charge in [0.1, 0.15) is 0 Å². The lowest BCUT2D eigenvalue weighted by molar-refractivity contribution is 0.988. The third-order valence-corrected chi connectivity index (χ3v) is 26.2. The van der Waals surface area contributed by atoms with Gasteiger partial charge < -0.3 is 14.7 Å². The summed E-state index contributed by atoms with van der Waals surface area (Å²) in [5.74, 6) is 0. The molecule has 0 saturated heterocycles. The third kappa shape index (κ3) is 18.7. The van der Waals surface area contributed by atoms with Gasteiger partial charge in [-0.3, -0.25) is 0 Å². The van der Waals surface area contributed by atoms with Crippen molar-refractivity contribution in [3.05, 3.63) is 407 Å². The van der Waals surface area contributed by atoms with Gasteiger partial charge in [0.25, 0.3) is 0 Å². The van der Waals surface area contributed by atoms with Crippen molar-refractivity contribution in [3.63, 3.8) is 0 Å². The fraction of sp³-hybridized carbons (Fsp3) is 0.318. The number of benzene rings is 15. The van der Waals surface area contributed by atoms with Gasteiger partial charge in [0.05, 0.1) is 45.5 Å². The lowest BCUT2D eigenvalue weighted by atomic mass is 9.80. The zero-order valence-corrected chi connectivity index (χ0v) is 88.3. The minimum absolute atomic E-state index is 1.01. The van der Waals surface area contributed by atoms with Gasteiger partial charge in [0.15, 0.2) is 0 Å². The second kappa shape index (κ2) is 49.8. The fourth-order valence-corrected chi connectivity index (χ4v) is 21.9. The standard InChI is InChI=1S/3C34H23N.15C2H6/c1-4-10-25-21(8-1)17-28-27(25)18-24-16-22-9-3-6-12-31(22)35-32-14-13-23-15-20-7-2-5-11-26(20)33(23)30(32)19-29(28)34(24)35;1-3-10-26-21(7-1)18-29-28(26)14-12-25-17-23-8-5-9-24-19-30-31(35(33(23)24)34(25)29)15-13-22-16-20-6-2-4-11-27(20)32(22)30;1-3-10-25-20(6-1)17-29-27(25)14-15-32-30(29)19-23-9-5-8-22-16-24-12-13-28-26-11-4-2-7-21(26)18-31(28)34(24)35(32)33(22)23;15*1-2/h1-14,18H,15-17,19H2;2*1-15H,16-19H2;15*1-2H3. The van der Waals surface area contributed by atoms with E-state index >= 15 is 0 Å². The van der Waals surface area contributed by atoms with E-state index in [1.54, 1.807) is 11.1 Å². The van der Waals surface area contributed by atoms with Gasteiger partial charge in [-0.05, 0) is 256 Å². The summed E-state index contributed by atoms with van der Waals surface area (Å²) in [6, 6.07) is 103. The van der Waals surface area contributed by atoms with Crippen molar-refractivity contribution in [2.75, 3.05) is 14.7 Å². The number of rotatable bonds is 0. The van der Waals surface area contributed by atoms with Gasteiger partial charge >= 0.3 is 0 Å². The molecular formula is C132H159N3. The monoisotopic (exact) mass is 1790 g/mol. The average molecular weight is 1790 g/mol. The van der Waals surface area contributed by atoms with Crippen LogP contribution in [0.2, 0.25) is 0 Å². The normalized spacial score (nSPS) is 12.3. The first kappa shape index (κ1) is 105. The fourth-order valence-electron chi connectivity index (χ4n) is 21.9. The molecule has 0 fully saturated rings. The van der Waals surface area contributed by atoms with Crippen molar-refractivity contribution in [2.45, 2.75) is 285 Å². The van der Waals surface area contributed by atoms with Crippen LogP contribution in [0.25, 0.3) is 66.8 Å². The zero-order chi connectivity index (χ0) is 98.0. The molecule has 0 atom stereocenters. The van der Waals surface area contributed by atoms with Crippen molar-refractivity contribution >= 4 is 51.2 Å². The molecule has 27 rings (SSSR count). The van der Waals surface area contributed by atoms with Crippen LogP contribution in [0.3, 0.4) is 0 Å². The maximum Gasteiger partial charge on any atom is 0.0538 e. The van der Waals surface area contributed by atoms with Gasteiger partial charge in [-0.2, -0.15) is 0 Å². The first-order valence-electron chi connectivity index (χ1n) is 53.2. The molecule has 15 aromatic rings. The molecule has 0 saturated carbocycles. The van der Waals surface area contributed by atoms with Crippen molar-refractivity contribution in [2.24, 2.45) is 0 Å². The molecule has 0 aromatic heterocycles. The van der Waals surface area contributed by atoms with Gasteiger partial charge in [-0.25, -0.2) is 0 Å². The van der Waals surface area contributed by atoms with E-state index in [0.29, 0.717) is 0 Å². The van der Waals surface area contributed by atoms with Crippen LogP contribution in [0.1, 0.15) is 341 Å². The quantitative estimate of drug-likeness (QED) is 0.150. The second-order valence-corrected chi connectivity index (χ2v) is 31.4. The van der Waals surface area contributed by atoms with Crippen molar-refractivity contribution in [1.82, 2.24) is 0 Å². The van der Waals surface area contributed by atoms with Crippen LogP contribution in [0.5, 0.6) is 0 Å². The minimum atomic E-state index is 1.01. The highest BCUT2D eigenvalue weighted by Crippen LogP contribution is 2.62. The molecule has 6 aliphatic heterocycles. The van der Waals surface area contributed by atoms with E-state index in [4.69, 9.17) is 0 Å². The summed E-state index contributed by atoms with van der Waals surface area (Å²) in [6.07, 6.45) is 12.3. The highest BCUT2D eigenvalue weighted by molar-refractivity contribution is 6.02. The predicted octanol–water partition coefficient (Wildman–Crippen LogP) is 39.7. The Morgan fingerprint density at radius 1 is 0.126 bits per heavy atom. The summed E-state index contributed by atoms with van der Waals surface area (Å²) < 4.78 is 0. The number of anilines is 9. The Labute approximate surface area is 818 Å². The summed E-state index contributed by atoms with van der Waals surface area (Å²) in [5, 5.41) is 0. The van der Waals surface area contributed by atoms with E-state index < -0.39 is 0 Å². The predicted molar refractivity (Wildman–Crippen MR) is 600 cm³/mol. The van der Waals surface area contributed by atoms with Gasteiger partial charge in [0.2, 0.25) is 0 Å². The number of hydrogen-bond donors (Lipinski definition) is 0. The summed E-state index contributed by atoms with van der Waals surface area (Å²) >= 11 is 0. The number of hydrogen-bond acceptors (Lipinski definition) is 3. The molecule has 0 N–H and O–H groups in total. The van der Waals surface area contributed by atoms with Crippen LogP contribution < -0.4 is 14.7 Å². The highest BCUT2D eigenvalue weighted by Gasteiger charge is 2.43. The Balaban J connectivity index is 0.000000184. The van der Waals surface area contributed by atoms with Crippen LogP contribution in [-0.2, 0) is 77.0 Å². The molecule has 6 aliphatic carbocycles. The summed E-state index contributed by atoms with van der Waals surface area (Å²) in [5.41, 5.74) is 65.5. The molecule has 135 heavy (non-hydrogen) atoms. The lowest BCUT2D eigenvalue weighted by Gasteiger charge is -2.41. The largest absolute Gasteiger partial charge is 0.309 e. The van der Waals surface area contributed by atoms with Crippen LogP contribution >= 0.6 is 0 Å². The second-order valence-electron chi connectivity index (χ2n) is 31.4. The molecule has 0 bridgehead atoms. The molecule has 0 radical (unpaired) electrons. The Hall–Kier alpha value is -12.3. The maximum atomic E-state index is 2.65. The van der Waals surface area contributed by atoms with Crippen molar-refractivity contribution in [1.29, 1.82) is 0 Å². The van der Waals surface area contributed by atoms with Gasteiger partial charge in [-0.1, -0.05) is 450 Å².